The lowest BCUT2D eigenvalue weighted by Crippen LogP contribution is -1.90. The van der Waals surface area contributed by atoms with Gasteiger partial charge >= 0.3 is 0 Å². The van der Waals surface area contributed by atoms with E-state index < -0.39 is 0 Å². The summed E-state index contributed by atoms with van der Waals surface area (Å²) in [5.74, 6) is 0. The van der Waals surface area contributed by atoms with Crippen LogP contribution in [0.1, 0.15) is 11.1 Å². The molecule has 0 aliphatic rings. The van der Waals surface area contributed by atoms with Gasteiger partial charge in [-0.25, -0.2) is 0 Å². The van der Waals surface area contributed by atoms with Gasteiger partial charge in [-0.2, -0.15) is 0 Å². The van der Waals surface area contributed by atoms with Gasteiger partial charge < -0.3 is 5.73 Å². The van der Waals surface area contributed by atoms with Gasteiger partial charge in [-0.1, -0.05) is 28.9 Å². The van der Waals surface area contributed by atoms with E-state index in [1.807, 2.05) is 19.1 Å². The monoisotopic (exact) mass is 222 g/mol. The minimum Gasteiger partial charge on any atom is -0.398 e. The van der Waals surface area contributed by atoms with Crippen LogP contribution in [-0.2, 0) is 0 Å². The van der Waals surface area contributed by atoms with Gasteiger partial charge in [-0.15, -0.1) is 0 Å². The standard InChI is InChI=1S/C10H11ClN4/c1-7-5-8(3-2-4-14-15-13)9(11)6-10(7)12/h2-3,5-6H,4,12H2,1H3. The first kappa shape index (κ1) is 11.4. The van der Waals surface area contributed by atoms with Crippen molar-refractivity contribution in [3.63, 3.8) is 0 Å². The van der Waals surface area contributed by atoms with Crippen molar-refractivity contribution in [3.8, 4) is 0 Å². The Balaban J connectivity index is 2.90. The highest BCUT2D eigenvalue weighted by Crippen LogP contribution is 2.23. The highest BCUT2D eigenvalue weighted by atomic mass is 35.5. The highest BCUT2D eigenvalue weighted by Gasteiger charge is 2.00. The van der Waals surface area contributed by atoms with Crippen LogP contribution < -0.4 is 5.73 Å². The molecule has 1 aromatic carbocycles. The molecule has 0 unspecified atom stereocenters. The average molecular weight is 223 g/mol. The van der Waals surface area contributed by atoms with E-state index >= 15 is 0 Å². The van der Waals surface area contributed by atoms with E-state index in [0.29, 0.717) is 17.3 Å². The third kappa shape index (κ3) is 3.20. The van der Waals surface area contributed by atoms with Crippen molar-refractivity contribution in [3.05, 3.63) is 44.8 Å². The smallest absolute Gasteiger partial charge is 0.0498 e. The summed E-state index contributed by atoms with van der Waals surface area (Å²) < 4.78 is 0. The van der Waals surface area contributed by atoms with E-state index in [2.05, 4.69) is 10.0 Å². The molecule has 1 rings (SSSR count). The predicted molar refractivity (Wildman–Crippen MR) is 63.6 cm³/mol. The molecular weight excluding hydrogens is 212 g/mol. The van der Waals surface area contributed by atoms with Gasteiger partial charge in [0.2, 0.25) is 0 Å². The minimum atomic E-state index is 0.316. The molecule has 0 fully saturated rings. The van der Waals surface area contributed by atoms with Crippen molar-refractivity contribution in [2.45, 2.75) is 6.92 Å². The highest BCUT2D eigenvalue weighted by molar-refractivity contribution is 6.32. The molecule has 4 nitrogen and oxygen atoms in total. The quantitative estimate of drug-likeness (QED) is 0.361. The molecule has 1 aromatic rings. The molecule has 0 bridgehead atoms. The minimum absolute atomic E-state index is 0.316. The zero-order valence-electron chi connectivity index (χ0n) is 8.31. The average Bonchev–Trinajstić information content (AvgIpc) is 2.20. The van der Waals surface area contributed by atoms with Crippen molar-refractivity contribution in [1.29, 1.82) is 0 Å². The molecule has 2 N–H and O–H groups in total. The molecule has 15 heavy (non-hydrogen) atoms. The zero-order valence-corrected chi connectivity index (χ0v) is 9.07. The number of rotatable bonds is 3. The van der Waals surface area contributed by atoms with Gasteiger partial charge in [0.1, 0.15) is 0 Å². The lowest BCUT2D eigenvalue weighted by atomic mass is 10.1. The maximum Gasteiger partial charge on any atom is 0.0498 e. The molecule has 0 spiro atoms. The Bertz CT molecular complexity index is 433. The maximum atomic E-state index is 8.08. The number of nitrogens with two attached hydrogens (primary N) is 1. The van der Waals surface area contributed by atoms with E-state index in [0.717, 1.165) is 11.1 Å². The molecule has 0 radical (unpaired) electrons. The van der Waals surface area contributed by atoms with Crippen LogP contribution in [0.5, 0.6) is 0 Å². The maximum absolute atomic E-state index is 8.08. The van der Waals surface area contributed by atoms with Crippen LogP contribution in [0.2, 0.25) is 5.02 Å². The van der Waals surface area contributed by atoms with Crippen LogP contribution >= 0.6 is 11.6 Å². The van der Waals surface area contributed by atoms with Crippen molar-refractivity contribution in [2.75, 3.05) is 12.3 Å². The summed E-state index contributed by atoms with van der Waals surface area (Å²) in [7, 11) is 0. The van der Waals surface area contributed by atoms with Gasteiger partial charge in [-0.3, -0.25) is 0 Å². The number of benzene rings is 1. The first-order chi connectivity index (χ1) is 7.15. The van der Waals surface area contributed by atoms with Gasteiger partial charge in [-0.05, 0) is 35.7 Å². The number of azide groups is 1. The molecule has 0 amide bonds. The lowest BCUT2D eigenvalue weighted by Gasteiger charge is -2.03. The van der Waals surface area contributed by atoms with E-state index in [1.54, 1.807) is 12.1 Å². The fourth-order valence-corrected chi connectivity index (χ4v) is 1.35. The van der Waals surface area contributed by atoms with Crippen LogP contribution in [-0.4, -0.2) is 6.54 Å². The third-order valence-corrected chi connectivity index (χ3v) is 2.26. The topological polar surface area (TPSA) is 74.8 Å². The van der Waals surface area contributed by atoms with E-state index in [1.165, 1.54) is 0 Å². The van der Waals surface area contributed by atoms with Crippen LogP contribution in [0.4, 0.5) is 5.69 Å². The Morgan fingerprint density at radius 2 is 2.33 bits per heavy atom. The van der Waals surface area contributed by atoms with Gasteiger partial charge in [0.25, 0.3) is 0 Å². The Labute approximate surface area is 93.0 Å². The lowest BCUT2D eigenvalue weighted by molar-refractivity contribution is 1.22. The summed E-state index contributed by atoms with van der Waals surface area (Å²) in [6.45, 7) is 2.23. The normalized spacial score (nSPS) is 10.3. The number of nitrogens with zero attached hydrogens (tertiary/aromatic N) is 3. The molecule has 78 valence electrons. The zero-order chi connectivity index (χ0) is 11.3. The van der Waals surface area contributed by atoms with Crippen molar-refractivity contribution < 1.29 is 0 Å². The second-order valence-corrected chi connectivity index (χ2v) is 3.45. The number of halogens is 1. The summed E-state index contributed by atoms with van der Waals surface area (Å²) in [6, 6.07) is 3.61. The van der Waals surface area contributed by atoms with Crippen LogP contribution in [0.15, 0.2) is 23.3 Å². The molecule has 0 heterocycles. The molecule has 0 aromatic heterocycles. The van der Waals surface area contributed by atoms with Crippen molar-refractivity contribution in [1.82, 2.24) is 0 Å². The fraction of sp³-hybridized carbons (Fsp3) is 0.200. The SMILES string of the molecule is Cc1cc(C=CCN=[N+]=[N-])c(Cl)cc1N. The summed E-state index contributed by atoms with van der Waals surface area (Å²) in [6.07, 6.45) is 3.56. The number of nitrogen functional groups attached to an aromatic ring is 1. The van der Waals surface area contributed by atoms with Gasteiger partial charge in [0.05, 0.1) is 0 Å². The van der Waals surface area contributed by atoms with Gasteiger partial charge in [0, 0.05) is 22.2 Å². The van der Waals surface area contributed by atoms with E-state index in [4.69, 9.17) is 22.9 Å². The Morgan fingerprint density at radius 1 is 1.60 bits per heavy atom. The first-order valence-corrected chi connectivity index (χ1v) is 4.76. The number of hydrogen-bond acceptors (Lipinski definition) is 2. The number of aryl methyl sites for hydroxylation is 1. The Morgan fingerprint density at radius 3 is 3.00 bits per heavy atom. The van der Waals surface area contributed by atoms with Gasteiger partial charge in [0.15, 0.2) is 0 Å². The van der Waals surface area contributed by atoms with E-state index in [-0.39, 0.29) is 0 Å². The van der Waals surface area contributed by atoms with Crippen LogP contribution in [0.25, 0.3) is 16.5 Å². The van der Waals surface area contributed by atoms with E-state index in [9.17, 15) is 0 Å². The molecule has 0 aliphatic carbocycles. The molecule has 5 heteroatoms. The third-order valence-electron chi connectivity index (χ3n) is 1.93. The molecule has 0 atom stereocenters. The van der Waals surface area contributed by atoms with Crippen molar-refractivity contribution >= 4 is 23.4 Å². The predicted octanol–water partition coefficient (Wildman–Crippen LogP) is 3.55. The van der Waals surface area contributed by atoms with Crippen LogP contribution in [0.3, 0.4) is 0 Å². The summed E-state index contributed by atoms with van der Waals surface area (Å²) in [4.78, 5) is 2.64. The summed E-state index contributed by atoms with van der Waals surface area (Å²) in [5, 5.41) is 3.98. The molecular formula is C10H11ClN4. The Hall–Kier alpha value is -1.64. The fourth-order valence-electron chi connectivity index (χ4n) is 1.11. The second kappa shape index (κ2) is 5.29. The summed E-state index contributed by atoms with van der Waals surface area (Å²) in [5.41, 5.74) is 16.3. The number of hydrogen-bond donors (Lipinski definition) is 1. The molecule has 0 aliphatic heterocycles. The molecule has 0 saturated heterocycles. The number of anilines is 1. The summed E-state index contributed by atoms with van der Waals surface area (Å²) >= 11 is 5.98. The second-order valence-electron chi connectivity index (χ2n) is 3.05. The molecule has 0 saturated carbocycles. The largest absolute Gasteiger partial charge is 0.398 e. The Kier molecular flexibility index (Phi) is 4.03. The first-order valence-electron chi connectivity index (χ1n) is 4.38. The van der Waals surface area contributed by atoms with Crippen molar-refractivity contribution in [2.24, 2.45) is 5.11 Å². The van der Waals surface area contributed by atoms with Crippen LogP contribution in [0, 0.1) is 6.92 Å².